The van der Waals surface area contributed by atoms with Gasteiger partial charge in [0.15, 0.2) is 11.6 Å². The number of nitrogens with zero attached hydrogens (tertiary/aromatic N) is 6. The maximum atomic E-state index is 15.1. The van der Waals surface area contributed by atoms with Gasteiger partial charge >= 0.3 is 0 Å². The first-order valence-electron chi connectivity index (χ1n) is 18.3. The van der Waals surface area contributed by atoms with Crippen molar-refractivity contribution >= 4 is 54.5 Å². The summed E-state index contributed by atoms with van der Waals surface area (Å²) in [6.45, 7) is 0. The van der Waals surface area contributed by atoms with Crippen LogP contribution in [-0.4, -0.2) is 28.7 Å². The molecule has 0 aliphatic rings. The second-order valence-electron chi connectivity index (χ2n) is 13.6. The highest BCUT2D eigenvalue weighted by Crippen LogP contribution is 2.41. The molecule has 0 spiro atoms. The van der Waals surface area contributed by atoms with Gasteiger partial charge in [0, 0.05) is 44.0 Å². The fourth-order valence-electron chi connectivity index (χ4n) is 8.10. The number of benzene rings is 7. The first-order chi connectivity index (χ1) is 27.2. The van der Waals surface area contributed by atoms with Gasteiger partial charge in [0.25, 0.3) is 5.56 Å². The monoisotopic (exact) mass is 706 g/mol. The van der Waals surface area contributed by atoms with Crippen LogP contribution in [0.1, 0.15) is 0 Å². The molecule has 7 aromatic carbocycles. The minimum Gasteiger partial charge on any atom is -0.308 e. The highest BCUT2D eigenvalue weighted by molar-refractivity contribution is 6.22. The van der Waals surface area contributed by atoms with E-state index in [9.17, 15) is 0 Å². The first kappa shape index (κ1) is 30.9. The molecular formula is C48H30N6O. The Morgan fingerprint density at radius 1 is 0.364 bits per heavy atom. The van der Waals surface area contributed by atoms with Gasteiger partial charge in [-0.3, -0.25) is 13.9 Å². The summed E-state index contributed by atoms with van der Waals surface area (Å²) < 4.78 is 6.22. The minimum atomic E-state index is -0.0693. The molecule has 11 rings (SSSR count). The molecule has 0 aliphatic heterocycles. The Hall–Kier alpha value is -7.64. The summed E-state index contributed by atoms with van der Waals surface area (Å²) in [5.74, 6) is 1.68. The van der Waals surface area contributed by atoms with E-state index in [1.165, 1.54) is 0 Å². The van der Waals surface area contributed by atoms with Gasteiger partial charge in [0.2, 0.25) is 5.95 Å². The Kier molecular flexibility index (Phi) is 6.87. The molecule has 0 amide bonds. The molecule has 11 aromatic rings. The van der Waals surface area contributed by atoms with Crippen LogP contribution in [-0.2, 0) is 0 Å². The first-order valence-corrected chi connectivity index (χ1v) is 18.3. The summed E-state index contributed by atoms with van der Waals surface area (Å²) in [5.41, 5.74) is 8.02. The molecule has 0 saturated heterocycles. The Morgan fingerprint density at radius 3 is 1.44 bits per heavy atom. The molecule has 0 unspecified atom stereocenters. The van der Waals surface area contributed by atoms with E-state index in [2.05, 4.69) is 57.7 Å². The van der Waals surface area contributed by atoms with Gasteiger partial charge in [-0.05, 0) is 48.5 Å². The third kappa shape index (κ3) is 4.77. The molecule has 7 nitrogen and oxygen atoms in total. The zero-order valence-corrected chi connectivity index (χ0v) is 29.4. The zero-order valence-electron chi connectivity index (χ0n) is 29.4. The van der Waals surface area contributed by atoms with E-state index in [-0.39, 0.29) is 5.56 Å². The zero-order chi connectivity index (χ0) is 36.5. The highest BCUT2D eigenvalue weighted by Gasteiger charge is 2.25. The van der Waals surface area contributed by atoms with E-state index in [4.69, 9.17) is 15.0 Å². The lowest BCUT2D eigenvalue weighted by Gasteiger charge is -2.14. The number of pyridine rings is 1. The number of hydrogen-bond donors (Lipinski definition) is 0. The van der Waals surface area contributed by atoms with Crippen LogP contribution in [0.25, 0.3) is 94.6 Å². The van der Waals surface area contributed by atoms with E-state index in [1.807, 2.05) is 138 Å². The van der Waals surface area contributed by atoms with Crippen molar-refractivity contribution in [2.45, 2.75) is 0 Å². The lowest BCUT2D eigenvalue weighted by molar-refractivity contribution is 0.953. The summed E-state index contributed by atoms with van der Waals surface area (Å²) in [4.78, 5) is 30.4. The van der Waals surface area contributed by atoms with Crippen molar-refractivity contribution in [3.8, 4) is 40.1 Å². The average Bonchev–Trinajstić information content (AvgIpc) is 3.77. The largest absolute Gasteiger partial charge is 0.308 e. The lowest BCUT2D eigenvalue weighted by atomic mass is 10.1. The van der Waals surface area contributed by atoms with Crippen LogP contribution in [0.3, 0.4) is 0 Å². The molecule has 0 aliphatic carbocycles. The van der Waals surface area contributed by atoms with E-state index >= 15 is 4.79 Å². The highest BCUT2D eigenvalue weighted by atomic mass is 16.1. The standard InChI is InChI=1S/C48H30N6O/c55-47-43-38-29-37-35-25-13-15-27-39(35)54(48-50-45(31-17-5-1-6-18-31)49-46(51-48)32-19-7-2-8-20-32)41(37)30-42(38)52(33-21-9-3-10-22-33)44(43)36-26-14-16-28-40(36)53(47)34-23-11-4-12-24-34/h1-30H. The fraction of sp³-hybridized carbons (Fsp3) is 0. The minimum absolute atomic E-state index is 0.0693. The number of fused-ring (bicyclic) bond motifs is 8. The third-order valence-electron chi connectivity index (χ3n) is 10.5. The van der Waals surface area contributed by atoms with Crippen LogP contribution in [0.4, 0.5) is 0 Å². The van der Waals surface area contributed by atoms with Crippen LogP contribution in [0, 0.1) is 0 Å². The van der Waals surface area contributed by atoms with Gasteiger partial charge in [0.05, 0.1) is 33.0 Å². The quantitative estimate of drug-likeness (QED) is 0.179. The van der Waals surface area contributed by atoms with Gasteiger partial charge in [-0.1, -0.05) is 133 Å². The Balaban J connectivity index is 1.31. The second-order valence-corrected chi connectivity index (χ2v) is 13.6. The van der Waals surface area contributed by atoms with Gasteiger partial charge < -0.3 is 4.57 Å². The molecule has 0 fully saturated rings. The molecule has 0 atom stereocenters. The van der Waals surface area contributed by atoms with Crippen molar-refractivity contribution < 1.29 is 0 Å². The molecule has 0 N–H and O–H groups in total. The van der Waals surface area contributed by atoms with E-state index in [1.54, 1.807) is 0 Å². The Bertz CT molecular complexity index is 3260. The Morgan fingerprint density at radius 2 is 0.836 bits per heavy atom. The van der Waals surface area contributed by atoms with Crippen LogP contribution in [0.5, 0.6) is 0 Å². The van der Waals surface area contributed by atoms with Crippen molar-refractivity contribution in [2.24, 2.45) is 0 Å². The molecule has 258 valence electrons. The van der Waals surface area contributed by atoms with Crippen LogP contribution in [0.2, 0.25) is 0 Å². The molecule has 4 heterocycles. The molecule has 0 radical (unpaired) electrons. The third-order valence-corrected chi connectivity index (χ3v) is 10.5. The van der Waals surface area contributed by atoms with E-state index in [0.29, 0.717) is 23.0 Å². The molecule has 7 heteroatoms. The molecule has 0 bridgehead atoms. The summed E-state index contributed by atoms with van der Waals surface area (Å²) >= 11 is 0. The number of para-hydroxylation sites is 4. The van der Waals surface area contributed by atoms with Crippen molar-refractivity contribution in [3.05, 3.63) is 192 Å². The normalized spacial score (nSPS) is 11.7. The summed E-state index contributed by atoms with van der Waals surface area (Å²) in [6, 6.07) is 61.1. The van der Waals surface area contributed by atoms with E-state index < -0.39 is 0 Å². The predicted octanol–water partition coefficient (Wildman–Crippen LogP) is 10.7. The fourth-order valence-corrected chi connectivity index (χ4v) is 8.10. The smallest absolute Gasteiger partial charge is 0.265 e. The van der Waals surface area contributed by atoms with Crippen molar-refractivity contribution in [1.29, 1.82) is 0 Å². The van der Waals surface area contributed by atoms with Crippen LogP contribution < -0.4 is 5.56 Å². The SMILES string of the molecule is O=c1c2c3cc4c5ccccc5n(-c5nc(-c6ccccc6)nc(-c6ccccc6)n5)c4cc3n(-c3ccccc3)c2c2ccccc2n1-c1ccccc1. The summed E-state index contributed by atoms with van der Waals surface area (Å²) in [6.07, 6.45) is 0. The van der Waals surface area contributed by atoms with Gasteiger partial charge in [-0.2, -0.15) is 9.97 Å². The van der Waals surface area contributed by atoms with Gasteiger partial charge in [-0.25, -0.2) is 4.98 Å². The summed E-state index contributed by atoms with van der Waals surface area (Å²) in [7, 11) is 0. The van der Waals surface area contributed by atoms with E-state index in [0.717, 1.165) is 71.6 Å². The van der Waals surface area contributed by atoms with Gasteiger partial charge in [-0.15, -0.1) is 0 Å². The van der Waals surface area contributed by atoms with Crippen molar-refractivity contribution in [1.82, 2.24) is 28.7 Å². The van der Waals surface area contributed by atoms with Crippen LogP contribution in [0.15, 0.2) is 187 Å². The predicted molar refractivity (Wildman–Crippen MR) is 222 cm³/mol. The molecular weight excluding hydrogens is 677 g/mol. The maximum absolute atomic E-state index is 15.1. The second kappa shape index (κ2) is 12.2. The molecule has 0 saturated carbocycles. The van der Waals surface area contributed by atoms with Crippen molar-refractivity contribution in [3.63, 3.8) is 0 Å². The average molecular weight is 707 g/mol. The topological polar surface area (TPSA) is 70.5 Å². The Labute approximate surface area is 314 Å². The number of rotatable bonds is 5. The maximum Gasteiger partial charge on any atom is 0.265 e. The summed E-state index contributed by atoms with van der Waals surface area (Å²) in [5, 5.41) is 4.55. The molecule has 4 aromatic heterocycles. The van der Waals surface area contributed by atoms with Crippen molar-refractivity contribution in [2.75, 3.05) is 0 Å². The van der Waals surface area contributed by atoms with Gasteiger partial charge in [0.1, 0.15) is 0 Å². The molecule has 55 heavy (non-hydrogen) atoms. The number of aromatic nitrogens is 6. The number of hydrogen-bond acceptors (Lipinski definition) is 4. The lowest BCUT2D eigenvalue weighted by Crippen LogP contribution is -2.19. The van der Waals surface area contributed by atoms with Crippen LogP contribution >= 0.6 is 0 Å².